The first-order valence-electron chi connectivity index (χ1n) is 4.35. The first kappa shape index (κ1) is 10.3. The monoisotopic (exact) mass is 192 g/mol. The fraction of sp³-hybridized carbons (Fsp3) is 0.400. The van der Waals surface area contributed by atoms with E-state index in [1.54, 1.807) is 19.9 Å². The van der Waals surface area contributed by atoms with Crippen LogP contribution in [-0.2, 0) is 0 Å². The van der Waals surface area contributed by atoms with Crippen LogP contribution in [0.5, 0.6) is 0 Å². The highest BCUT2D eigenvalue weighted by molar-refractivity contribution is 5.92. The lowest BCUT2D eigenvalue weighted by Gasteiger charge is -1.97. The number of aryl methyl sites for hydroxylation is 1. The molecule has 0 saturated heterocycles. The summed E-state index contributed by atoms with van der Waals surface area (Å²) in [5.41, 5.74) is 0.312. The minimum absolute atomic E-state index is 0.222. The van der Waals surface area contributed by atoms with Gasteiger partial charge in [-0.3, -0.25) is 4.79 Å². The molecule has 0 fully saturated rings. The van der Waals surface area contributed by atoms with Crippen molar-refractivity contribution in [1.29, 1.82) is 0 Å². The highest BCUT2D eigenvalue weighted by atomic mass is 16.5. The number of nitrogens with one attached hydrogen (secondary N) is 1. The second kappa shape index (κ2) is 5.07. The lowest BCUT2D eigenvalue weighted by Crippen LogP contribution is -2.24. The van der Waals surface area contributed by atoms with Gasteiger partial charge in [0.05, 0.1) is 0 Å². The van der Waals surface area contributed by atoms with E-state index in [2.05, 4.69) is 22.3 Å². The molecular weight excluding hydrogens is 180 g/mol. The van der Waals surface area contributed by atoms with Crippen molar-refractivity contribution < 1.29 is 9.32 Å². The Morgan fingerprint density at radius 1 is 1.71 bits per heavy atom. The molecule has 1 N–H and O–H groups in total. The van der Waals surface area contributed by atoms with Crippen LogP contribution in [0.25, 0.3) is 0 Å². The lowest BCUT2D eigenvalue weighted by molar-refractivity contribution is 0.0945. The topological polar surface area (TPSA) is 55.1 Å². The van der Waals surface area contributed by atoms with Gasteiger partial charge in [0.25, 0.3) is 5.91 Å². The summed E-state index contributed by atoms with van der Waals surface area (Å²) in [4.78, 5) is 11.3. The second-order valence-corrected chi connectivity index (χ2v) is 2.76. The van der Waals surface area contributed by atoms with Crippen LogP contribution in [0.4, 0.5) is 0 Å². The third-order valence-corrected chi connectivity index (χ3v) is 1.57. The number of nitrogens with zero attached hydrogens (tertiary/aromatic N) is 1. The summed E-state index contributed by atoms with van der Waals surface area (Å²) in [6.45, 7) is 4.04. The molecule has 0 aliphatic heterocycles. The Balaban J connectivity index is 2.38. The molecule has 1 heterocycles. The van der Waals surface area contributed by atoms with E-state index >= 15 is 0 Å². The number of aromatic nitrogens is 1. The van der Waals surface area contributed by atoms with Crippen molar-refractivity contribution in [1.82, 2.24) is 10.5 Å². The molecule has 1 aromatic heterocycles. The van der Waals surface area contributed by atoms with Crippen LogP contribution in [0.3, 0.4) is 0 Å². The molecule has 14 heavy (non-hydrogen) atoms. The van der Waals surface area contributed by atoms with Crippen molar-refractivity contribution in [2.75, 3.05) is 6.54 Å². The first-order chi connectivity index (χ1) is 6.74. The van der Waals surface area contributed by atoms with Crippen molar-refractivity contribution in [3.63, 3.8) is 0 Å². The Labute approximate surface area is 82.7 Å². The van der Waals surface area contributed by atoms with Gasteiger partial charge < -0.3 is 9.84 Å². The number of amides is 1. The summed E-state index contributed by atoms with van der Waals surface area (Å²) < 4.78 is 4.77. The molecule has 74 valence electrons. The number of carbonyl (C=O) groups is 1. The molecule has 4 heteroatoms. The Morgan fingerprint density at radius 3 is 3.07 bits per heavy atom. The van der Waals surface area contributed by atoms with Crippen molar-refractivity contribution >= 4 is 5.91 Å². The molecule has 0 bridgehead atoms. The van der Waals surface area contributed by atoms with E-state index in [1.165, 1.54) is 0 Å². The average molecular weight is 192 g/mol. The van der Waals surface area contributed by atoms with Crippen molar-refractivity contribution in [3.05, 3.63) is 17.5 Å². The normalized spacial score (nSPS) is 9.00. The van der Waals surface area contributed by atoms with Gasteiger partial charge >= 0.3 is 0 Å². The highest BCUT2D eigenvalue weighted by Crippen LogP contribution is 2.00. The van der Waals surface area contributed by atoms with Crippen LogP contribution < -0.4 is 5.32 Å². The minimum Gasteiger partial charge on any atom is -0.361 e. The van der Waals surface area contributed by atoms with Crippen molar-refractivity contribution in [2.45, 2.75) is 20.3 Å². The minimum atomic E-state index is -0.222. The molecule has 0 aromatic carbocycles. The van der Waals surface area contributed by atoms with Gasteiger partial charge in [-0.25, -0.2) is 0 Å². The standard InChI is InChI=1S/C10H12N2O2/c1-3-4-5-6-11-10(13)9-7-8(2)14-12-9/h7H,5-6H2,1-2H3,(H,11,13). The van der Waals surface area contributed by atoms with Crippen LogP contribution in [0.15, 0.2) is 10.6 Å². The summed E-state index contributed by atoms with van der Waals surface area (Å²) in [6, 6.07) is 1.60. The molecule has 0 radical (unpaired) electrons. The largest absolute Gasteiger partial charge is 0.361 e. The summed E-state index contributed by atoms with van der Waals surface area (Å²) in [5, 5.41) is 6.27. The van der Waals surface area contributed by atoms with Gasteiger partial charge in [0, 0.05) is 19.0 Å². The van der Waals surface area contributed by atoms with Gasteiger partial charge in [-0.1, -0.05) is 5.16 Å². The molecular formula is C10H12N2O2. The number of hydrogen-bond donors (Lipinski definition) is 1. The van der Waals surface area contributed by atoms with Crippen LogP contribution in [0.1, 0.15) is 29.6 Å². The summed E-state index contributed by atoms with van der Waals surface area (Å²) >= 11 is 0. The van der Waals surface area contributed by atoms with Gasteiger partial charge in [-0.05, 0) is 13.8 Å². The Hall–Kier alpha value is -1.76. The SMILES string of the molecule is CC#CCCNC(=O)c1cc(C)on1. The van der Waals surface area contributed by atoms with Gasteiger partial charge in [0.1, 0.15) is 5.76 Å². The molecule has 1 rings (SSSR count). The lowest BCUT2D eigenvalue weighted by atomic mass is 10.3. The van der Waals surface area contributed by atoms with Gasteiger partial charge in [-0.15, -0.1) is 11.8 Å². The molecule has 0 atom stereocenters. The van der Waals surface area contributed by atoms with E-state index in [0.29, 0.717) is 24.4 Å². The fourth-order valence-corrected chi connectivity index (χ4v) is 0.928. The van der Waals surface area contributed by atoms with Gasteiger partial charge in [-0.2, -0.15) is 0 Å². The maximum Gasteiger partial charge on any atom is 0.273 e. The third kappa shape index (κ3) is 2.94. The molecule has 4 nitrogen and oxygen atoms in total. The number of rotatable bonds is 3. The molecule has 1 aromatic rings. The smallest absolute Gasteiger partial charge is 0.273 e. The second-order valence-electron chi connectivity index (χ2n) is 2.76. The summed E-state index contributed by atoms with van der Waals surface area (Å²) in [6.07, 6.45) is 0.652. The molecule has 1 amide bonds. The van der Waals surface area contributed by atoms with Crippen molar-refractivity contribution in [3.8, 4) is 11.8 Å². The van der Waals surface area contributed by atoms with E-state index in [0.717, 1.165) is 0 Å². The van der Waals surface area contributed by atoms with E-state index in [4.69, 9.17) is 4.52 Å². The Kier molecular flexibility index (Phi) is 3.74. The zero-order chi connectivity index (χ0) is 10.4. The van der Waals surface area contributed by atoms with Crippen LogP contribution in [0.2, 0.25) is 0 Å². The predicted octanol–water partition coefficient (Wildman–Crippen LogP) is 1.13. The number of hydrogen-bond acceptors (Lipinski definition) is 3. The quantitative estimate of drug-likeness (QED) is 0.577. The summed E-state index contributed by atoms with van der Waals surface area (Å²) in [5.74, 6) is 6.01. The van der Waals surface area contributed by atoms with Crippen LogP contribution >= 0.6 is 0 Å². The van der Waals surface area contributed by atoms with E-state index in [1.807, 2.05) is 0 Å². The molecule has 0 spiro atoms. The Morgan fingerprint density at radius 2 is 2.50 bits per heavy atom. The average Bonchev–Trinajstić information content (AvgIpc) is 2.59. The maximum atomic E-state index is 11.3. The van der Waals surface area contributed by atoms with Gasteiger partial charge in [0.15, 0.2) is 5.69 Å². The first-order valence-corrected chi connectivity index (χ1v) is 4.35. The molecule has 0 saturated carbocycles. The zero-order valence-electron chi connectivity index (χ0n) is 8.26. The van der Waals surface area contributed by atoms with E-state index in [9.17, 15) is 4.79 Å². The van der Waals surface area contributed by atoms with Crippen LogP contribution in [-0.4, -0.2) is 17.6 Å². The maximum absolute atomic E-state index is 11.3. The predicted molar refractivity (Wildman–Crippen MR) is 51.6 cm³/mol. The molecule has 0 aliphatic carbocycles. The fourth-order valence-electron chi connectivity index (χ4n) is 0.928. The highest BCUT2D eigenvalue weighted by Gasteiger charge is 2.08. The summed E-state index contributed by atoms with van der Waals surface area (Å²) in [7, 11) is 0. The third-order valence-electron chi connectivity index (χ3n) is 1.57. The van der Waals surface area contributed by atoms with E-state index < -0.39 is 0 Å². The molecule has 0 unspecified atom stereocenters. The van der Waals surface area contributed by atoms with Crippen molar-refractivity contribution in [2.24, 2.45) is 0 Å². The number of carbonyl (C=O) groups excluding carboxylic acids is 1. The van der Waals surface area contributed by atoms with Gasteiger partial charge in [0.2, 0.25) is 0 Å². The zero-order valence-corrected chi connectivity index (χ0v) is 8.26. The Bertz CT molecular complexity index is 371. The van der Waals surface area contributed by atoms with Crippen LogP contribution in [0, 0.1) is 18.8 Å². The molecule has 0 aliphatic rings. The van der Waals surface area contributed by atoms with E-state index in [-0.39, 0.29) is 5.91 Å².